The zero-order valence-electron chi connectivity index (χ0n) is 14.6. The lowest BCUT2D eigenvalue weighted by Crippen LogP contribution is -2.38. The van der Waals surface area contributed by atoms with Gasteiger partial charge in [-0.1, -0.05) is 12.1 Å². The van der Waals surface area contributed by atoms with Crippen LogP contribution in [0.4, 0.5) is 4.39 Å². The molecule has 142 valence electrons. The Morgan fingerprint density at radius 1 is 1.16 bits per heavy atom. The van der Waals surface area contributed by atoms with Gasteiger partial charge in [-0.25, -0.2) is 17.5 Å². The molecule has 0 saturated carbocycles. The minimum absolute atomic E-state index is 0.0904. The van der Waals surface area contributed by atoms with Crippen molar-refractivity contribution < 1.29 is 22.3 Å². The van der Waals surface area contributed by atoms with Crippen LogP contribution in [-0.2, 0) is 19.5 Å². The number of benzene rings is 1. The van der Waals surface area contributed by atoms with Crippen molar-refractivity contribution in [1.82, 2.24) is 9.62 Å². The van der Waals surface area contributed by atoms with E-state index in [1.165, 1.54) is 12.1 Å². The van der Waals surface area contributed by atoms with Gasteiger partial charge in [0.25, 0.3) is 0 Å². The molecule has 1 aliphatic rings. The maximum atomic E-state index is 13.2. The molecule has 1 aromatic carbocycles. The first-order valence-corrected chi connectivity index (χ1v) is 10.2. The summed E-state index contributed by atoms with van der Waals surface area (Å²) in [5.74, 6) is -0.384. The summed E-state index contributed by atoms with van der Waals surface area (Å²) in [5.41, 5.74) is 0.919. The first kappa shape index (κ1) is 20.3. The fraction of sp³-hybridized carbons (Fsp3) is 0.647. The Hall–Kier alpha value is -1.06. The lowest BCUT2D eigenvalue weighted by Gasteiger charge is -2.28. The molecule has 0 radical (unpaired) electrons. The van der Waals surface area contributed by atoms with Gasteiger partial charge in [-0.2, -0.15) is 0 Å². The molecule has 1 saturated heterocycles. The molecular weight excluding hydrogens is 347 g/mol. The number of halogens is 1. The Morgan fingerprint density at radius 2 is 1.84 bits per heavy atom. The summed E-state index contributed by atoms with van der Waals surface area (Å²) >= 11 is 0. The molecule has 0 bridgehead atoms. The number of likely N-dealkylation sites (tertiary alicyclic amines) is 1. The number of hydrogen-bond acceptors (Lipinski definition) is 5. The largest absolute Gasteiger partial charge is 0.382 e. The number of methoxy groups -OCH3 is 1. The second kappa shape index (κ2) is 10.2. The molecule has 1 aromatic rings. The maximum absolute atomic E-state index is 13.2. The van der Waals surface area contributed by atoms with Crippen molar-refractivity contribution in [2.75, 3.05) is 52.3 Å². The summed E-state index contributed by atoms with van der Waals surface area (Å²) in [7, 11) is -1.86. The highest BCUT2D eigenvalue weighted by Gasteiger charge is 2.25. The van der Waals surface area contributed by atoms with Gasteiger partial charge < -0.3 is 9.47 Å². The lowest BCUT2D eigenvalue weighted by molar-refractivity contribution is 0.0784. The Labute approximate surface area is 149 Å². The highest BCUT2D eigenvalue weighted by molar-refractivity contribution is 7.89. The van der Waals surface area contributed by atoms with Crippen LogP contribution >= 0.6 is 0 Å². The van der Waals surface area contributed by atoms with E-state index in [1.807, 2.05) is 0 Å². The van der Waals surface area contributed by atoms with Gasteiger partial charge in [0, 0.05) is 19.7 Å². The first-order chi connectivity index (χ1) is 12.0. The number of ether oxygens (including phenoxy) is 2. The zero-order valence-corrected chi connectivity index (χ0v) is 15.4. The van der Waals surface area contributed by atoms with Crippen LogP contribution < -0.4 is 4.72 Å². The number of rotatable bonds is 11. The van der Waals surface area contributed by atoms with Crippen molar-refractivity contribution in [3.8, 4) is 0 Å². The van der Waals surface area contributed by atoms with E-state index in [9.17, 15) is 12.8 Å². The van der Waals surface area contributed by atoms with Crippen LogP contribution in [0, 0.1) is 5.82 Å². The molecule has 1 unspecified atom stereocenters. The van der Waals surface area contributed by atoms with Gasteiger partial charge in [0.1, 0.15) is 5.82 Å². The van der Waals surface area contributed by atoms with E-state index in [-0.39, 0.29) is 30.8 Å². The molecule has 1 heterocycles. The van der Waals surface area contributed by atoms with Gasteiger partial charge in [0.05, 0.1) is 25.6 Å². The fourth-order valence-corrected chi connectivity index (χ4v) is 3.78. The molecule has 8 heteroatoms. The Bertz CT molecular complexity index is 604. The number of hydrogen-bond donors (Lipinski definition) is 1. The first-order valence-electron chi connectivity index (χ1n) is 8.55. The predicted molar refractivity (Wildman–Crippen MR) is 94.4 cm³/mol. The number of nitrogens with zero attached hydrogens (tertiary/aromatic N) is 1. The van der Waals surface area contributed by atoms with Crippen molar-refractivity contribution >= 4 is 10.0 Å². The third-order valence-electron chi connectivity index (χ3n) is 4.26. The highest BCUT2D eigenvalue weighted by atomic mass is 32.2. The van der Waals surface area contributed by atoms with Gasteiger partial charge in [-0.3, -0.25) is 4.90 Å². The standard InChI is InChI=1S/C17H27FN2O4S/c1-23-10-11-24-12-13-25(21,22)19-14-17(20-8-2-3-9-20)15-4-6-16(18)7-5-15/h4-7,17,19H,2-3,8-14H2,1H3. The summed E-state index contributed by atoms with van der Waals surface area (Å²) in [6.07, 6.45) is 2.19. The lowest BCUT2D eigenvalue weighted by atomic mass is 10.1. The Morgan fingerprint density at radius 3 is 2.48 bits per heavy atom. The van der Waals surface area contributed by atoms with Gasteiger partial charge in [0.15, 0.2) is 0 Å². The summed E-state index contributed by atoms with van der Waals surface area (Å²) in [5, 5.41) is 0. The molecule has 1 fully saturated rings. The van der Waals surface area contributed by atoms with E-state index in [4.69, 9.17) is 9.47 Å². The molecular formula is C17H27FN2O4S. The molecule has 6 nitrogen and oxygen atoms in total. The molecule has 1 aliphatic heterocycles. The summed E-state index contributed by atoms with van der Waals surface area (Å²) in [4.78, 5) is 2.24. The Balaban J connectivity index is 1.91. The van der Waals surface area contributed by atoms with Gasteiger partial charge in [0.2, 0.25) is 10.0 Å². The molecule has 2 rings (SSSR count). The van der Waals surface area contributed by atoms with Gasteiger partial charge >= 0.3 is 0 Å². The third kappa shape index (κ3) is 6.99. The highest BCUT2D eigenvalue weighted by Crippen LogP contribution is 2.25. The van der Waals surface area contributed by atoms with E-state index in [0.717, 1.165) is 31.5 Å². The number of sulfonamides is 1. The van der Waals surface area contributed by atoms with Gasteiger partial charge in [-0.15, -0.1) is 0 Å². The Kier molecular flexibility index (Phi) is 8.25. The smallest absolute Gasteiger partial charge is 0.213 e. The molecule has 0 spiro atoms. The summed E-state index contributed by atoms with van der Waals surface area (Å²) in [6, 6.07) is 6.18. The van der Waals surface area contributed by atoms with E-state index in [0.29, 0.717) is 13.2 Å². The average molecular weight is 374 g/mol. The SMILES string of the molecule is COCCOCCS(=O)(=O)NCC(c1ccc(F)cc1)N1CCCC1. The average Bonchev–Trinajstić information content (AvgIpc) is 3.10. The molecule has 1 N–H and O–H groups in total. The van der Waals surface area contributed by atoms with Crippen LogP contribution in [0.1, 0.15) is 24.4 Å². The van der Waals surface area contributed by atoms with Crippen LogP contribution in [0.3, 0.4) is 0 Å². The van der Waals surface area contributed by atoms with Crippen molar-refractivity contribution in [2.24, 2.45) is 0 Å². The van der Waals surface area contributed by atoms with Gasteiger partial charge in [-0.05, 0) is 43.6 Å². The van der Waals surface area contributed by atoms with Crippen LogP contribution in [-0.4, -0.2) is 65.6 Å². The molecule has 0 aromatic heterocycles. The zero-order chi connectivity index (χ0) is 18.1. The molecule has 25 heavy (non-hydrogen) atoms. The van der Waals surface area contributed by atoms with E-state index in [1.54, 1.807) is 19.2 Å². The monoisotopic (exact) mass is 374 g/mol. The van der Waals surface area contributed by atoms with E-state index in [2.05, 4.69) is 9.62 Å². The minimum Gasteiger partial charge on any atom is -0.382 e. The van der Waals surface area contributed by atoms with Crippen LogP contribution in [0.15, 0.2) is 24.3 Å². The minimum atomic E-state index is -3.43. The fourth-order valence-electron chi connectivity index (χ4n) is 2.89. The van der Waals surface area contributed by atoms with Crippen molar-refractivity contribution in [3.63, 3.8) is 0 Å². The van der Waals surface area contributed by atoms with Crippen molar-refractivity contribution in [1.29, 1.82) is 0 Å². The summed E-state index contributed by atoms with van der Waals surface area (Å²) < 4.78 is 50.2. The predicted octanol–water partition coefficient (Wildman–Crippen LogP) is 1.55. The summed E-state index contributed by atoms with van der Waals surface area (Å²) in [6.45, 7) is 3.05. The topological polar surface area (TPSA) is 67.9 Å². The van der Waals surface area contributed by atoms with Crippen molar-refractivity contribution in [3.05, 3.63) is 35.6 Å². The number of nitrogens with one attached hydrogen (secondary N) is 1. The quantitative estimate of drug-likeness (QED) is 0.595. The van der Waals surface area contributed by atoms with E-state index >= 15 is 0 Å². The van der Waals surface area contributed by atoms with E-state index < -0.39 is 10.0 Å². The second-order valence-corrected chi connectivity index (χ2v) is 8.01. The molecule has 1 atom stereocenters. The second-order valence-electron chi connectivity index (χ2n) is 6.08. The van der Waals surface area contributed by atoms with Crippen LogP contribution in [0.5, 0.6) is 0 Å². The maximum Gasteiger partial charge on any atom is 0.213 e. The molecule has 0 amide bonds. The third-order valence-corrected chi connectivity index (χ3v) is 5.57. The van der Waals surface area contributed by atoms with Crippen molar-refractivity contribution in [2.45, 2.75) is 18.9 Å². The van der Waals surface area contributed by atoms with Crippen LogP contribution in [0.2, 0.25) is 0 Å². The molecule has 0 aliphatic carbocycles. The normalized spacial score (nSPS) is 17.0. The van der Waals surface area contributed by atoms with Crippen LogP contribution in [0.25, 0.3) is 0 Å².